The first kappa shape index (κ1) is 18.1. The van der Waals surface area contributed by atoms with Gasteiger partial charge in [-0.3, -0.25) is 4.79 Å². The van der Waals surface area contributed by atoms with Crippen LogP contribution in [0.15, 0.2) is 24.3 Å². The molecule has 1 aromatic carbocycles. The van der Waals surface area contributed by atoms with Gasteiger partial charge in [0.15, 0.2) is 0 Å². The van der Waals surface area contributed by atoms with Crippen molar-refractivity contribution in [2.45, 2.75) is 26.3 Å². The van der Waals surface area contributed by atoms with Crippen LogP contribution in [0.4, 0.5) is 10.5 Å². The first-order chi connectivity index (χ1) is 11.2. The number of piperazine rings is 1. The van der Waals surface area contributed by atoms with Crippen LogP contribution >= 0.6 is 0 Å². The molecule has 1 aliphatic heterocycles. The van der Waals surface area contributed by atoms with Crippen molar-refractivity contribution in [3.05, 3.63) is 29.8 Å². The summed E-state index contributed by atoms with van der Waals surface area (Å²) in [5.41, 5.74) is 1.44. The van der Waals surface area contributed by atoms with Crippen molar-refractivity contribution in [2.75, 3.05) is 45.2 Å². The van der Waals surface area contributed by atoms with Crippen LogP contribution < -0.4 is 10.2 Å². The van der Waals surface area contributed by atoms with Crippen molar-refractivity contribution in [2.24, 2.45) is 0 Å². The summed E-state index contributed by atoms with van der Waals surface area (Å²) < 4.78 is 0. The summed E-state index contributed by atoms with van der Waals surface area (Å²) in [5.74, 6) is 0.0228. The first-order valence-corrected chi connectivity index (χ1v) is 8.31. The van der Waals surface area contributed by atoms with Gasteiger partial charge in [-0.05, 0) is 39.0 Å². The molecule has 1 aromatic rings. The summed E-state index contributed by atoms with van der Waals surface area (Å²) in [6, 6.07) is 7.56. The third kappa shape index (κ3) is 4.63. The fourth-order valence-corrected chi connectivity index (χ4v) is 2.61. The van der Waals surface area contributed by atoms with Crippen molar-refractivity contribution >= 4 is 17.6 Å². The van der Waals surface area contributed by atoms with E-state index in [-0.39, 0.29) is 17.5 Å². The molecule has 0 bridgehead atoms. The maximum Gasteiger partial charge on any atom is 0.317 e. The van der Waals surface area contributed by atoms with Gasteiger partial charge in [0.1, 0.15) is 0 Å². The summed E-state index contributed by atoms with van der Waals surface area (Å²) in [6.45, 7) is 8.11. The minimum atomic E-state index is -0.253. The molecule has 1 N–H and O–H groups in total. The highest BCUT2D eigenvalue weighted by molar-refractivity contribution is 5.95. The molecule has 0 atom stereocenters. The smallest absolute Gasteiger partial charge is 0.317 e. The van der Waals surface area contributed by atoms with Gasteiger partial charge in [-0.25, -0.2) is 4.79 Å². The van der Waals surface area contributed by atoms with E-state index in [2.05, 4.69) is 5.32 Å². The molecule has 0 radical (unpaired) electrons. The third-order valence-corrected chi connectivity index (χ3v) is 3.95. The third-order valence-electron chi connectivity index (χ3n) is 3.95. The van der Waals surface area contributed by atoms with E-state index in [9.17, 15) is 9.59 Å². The molecule has 0 saturated carbocycles. The highest BCUT2D eigenvalue weighted by Crippen LogP contribution is 2.16. The van der Waals surface area contributed by atoms with E-state index in [1.165, 1.54) is 0 Å². The van der Waals surface area contributed by atoms with Crippen LogP contribution in [0.25, 0.3) is 0 Å². The number of nitrogens with zero attached hydrogens (tertiary/aromatic N) is 3. The zero-order chi connectivity index (χ0) is 17.9. The second-order valence-corrected chi connectivity index (χ2v) is 7.40. The Balaban J connectivity index is 1.96. The van der Waals surface area contributed by atoms with Gasteiger partial charge in [0.25, 0.3) is 5.91 Å². The molecule has 0 spiro atoms. The molecule has 1 saturated heterocycles. The summed E-state index contributed by atoms with van der Waals surface area (Å²) in [6.07, 6.45) is 0. The molecule has 0 aliphatic carbocycles. The van der Waals surface area contributed by atoms with E-state index < -0.39 is 0 Å². The first-order valence-electron chi connectivity index (χ1n) is 8.31. The number of hydrogen-bond donors (Lipinski definition) is 1. The van der Waals surface area contributed by atoms with Gasteiger partial charge < -0.3 is 20.0 Å². The van der Waals surface area contributed by atoms with Gasteiger partial charge in [-0.15, -0.1) is 0 Å². The Morgan fingerprint density at radius 3 is 2.17 bits per heavy atom. The maximum absolute atomic E-state index is 12.7. The van der Waals surface area contributed by atoms with Gasteiger partial charge in [-0.1, -0.05) is 6.07 Å². The number of carbonyl (C=O) groups excluding carboxylic acids is 2. The number of nitrogens with one attached hydrogen (secondary N) is 1. The lowest BCUT2D eigenvalue weighted by atomic mass is 10.1. The molecule has 6 nitrogen and oxygen atoms in total. The Labute approximate surface area is 144 Å². The van der Waals surface area contributed by atoms with Crippen LogP contribution in [0, 0.1) is 0 Å². The predicted octanol–water partition coefficient (Wildman–Crippen LogP) is 2.02. The summed E-state index contributed by atoms with van der Waals surface area (Å²) >= 11 is 0. The lowest BCUT2D eigenvalue weighted by molar-refractivity contribution is 0.0661. The van der Waals surface area contributed by atoms with Gasteiger partial charge in [0.2, 0.25) is 0 Å². The summed E-state index contributed by atoms with van der Waals surface area (Å²) in [7, 11) is 3.91. The van der Waals surface area contributed by atoms with Crippen LogP contribution in [0.1, 0.15) is 31.1 Å². The van der Waals surface area contributed by atoms with E-state index in [1.54, 1.807) is 4.90 Å². The van der Waals surface area contributed by atoms with Crippen LogP contribution in [-0.2, 0) is 0 Å². The second kappa shape index (κ2) is 7.11. The highest BCUT2D eigenvalue weighted by atomic mass is 16.2. The lowest BCUT2D eigenvalue weighted by Crippen LogP contribution is -2.56. The minimum Gasteiger partial charge on any atom is -0.378 e. The number of carbonyl (C=O) groups is 2. The molecule has 132 valence electrons. The Bertz CT molecular complexity index is 599. The van der Waals surface area contributed by atoms with E-state index in [0.717, 1.165) is 5.69 Å². The number of benzene rings is 1. The molecule has 1 aliphatic rings. The standard InChI is InChI=1S/C18H28N4O2/c1-18(2,3)19-17(24)22-11-9-21(10-12-22)16(23)14-7-6-8-15(13-14)20(4)5/h6-8,13H,9-12H2,1-5H3,(H,19,24). The molecule has 24 heavy (non-hydrogen) atoms. The molecule has 0 unspecified atom stereocenters. The van der Waals surface area contributed by atoms with E-state index in [0.29, 0.717) is 31.7 Å². The van der Waals surface area contributed by atoms with E-state index in [1.807, 2.05) is 68.9 Å². The van der Waals surface area contributed by atoms with Crippen LogP contribution in [0.5, 0.6) is 0 Å². The minimum absolute atomic E-state index is 0.0228. The molecule has 1 fully saturated rings. The highest BCUT2D eigenvalue weighted by Gasteiger charge is 2.26. The fourth-order valence-electron chi connectivity index (χ4n) is 2.61. The second-order valence-electron chi connectivity index (χ2n) is 7.40. The number of hydrogen-bond acceptors (Lipinski definition) is 3. The fraction of sp³-hybridized carbons (Fsp3) is 0.556. The summed E-state index contributed by atoms with van der Waals surface area (Å²) in [4.78, 5) is 30.4. The SMILES string of the molecule is CN(C)c1cccc(C(=O)N2CCN(C(=O)NC(C)(C)C)CC2)c1. The van der Waals surface area contributed by atoms with Gasteiger partial charge in [-0.2, -0.15) is 0 Å². The molecular weight excluding hydrogens is 304 g/mol. The van der Waals surface area contributed by atoms with Gasteiger partial charge >= 0.3 is 6.03 Å². The van der Waals surface area contributed by atoms with Crippen molar-refractivity contribution in [1.82, 2.24) is 15.1 Å². The summed E-state index contributed by atoms with van der Waals surface area (Å²) in [5, 5.41) is 2.96. The Kier molecular flexibility index (Phi) is 5.36. The van der Waals surface area contributed by atoms with Gasteiger partial charge in [0, 0.05) is 57.1 Å². The van der Waals surface area contributed by atoms with Crippen LogP contribution in [-0.4, -0.2) is 67.6 Å². The van der Waals surface area contributed by atoms with Gasteiger partial charge in [0.05, 0.1) is 0 Å². The maximum atomic E-state index is 12.7. The van der Waals surface area contributed by atoms with E-state index >= 15 is 0 Å². The Morgan fingerprint density at radius 2 is 1.62 bits per heavy atom. The topological polar surface area (TPSA) is 55.9 Å². The normalized spacial score (nSPS) is 15.2. The van der Waals surface area contributed by atoms with Crippen molar-refractivity contribution in [1.29, 1.82) is 0 Å². The predicted molar refractivity (Wildman–Crippen MR) is 96.5 cm³/mol. The molecule has 0 aromatic heterocycles. The lowest BCUT2D eigenvalue weighted by Gasteiger charge is -2.36. The zero-order valence-corrected chi connectivity index (χ0v) is 15.3. The van der Waals surface area contributed by atoms with E-state index in [4.69, 9.17) is 0 Å². The average molecular weight is 332 g/mol. The molecule has 2 rings (SSSR count). The monoisotopic (exact) mass is 332 g/mol. The quantitative estimate of drug-likeness (QED) is 0.901. The molecular formula is C18H28N4O2. The number of amides is 3. The Hall–Kier alpha value is -2.24. The van der Waals surface area contributed by atoms with Crippen LogP contribution in [0.2, 0.25) is 0 Å². The van der Waals surface area contributed by atoms with Crippen molar-refractivity contribution < 1.29 is 9.59 Å². The molecule has 6 heteroatoms. The number of urea groups is 1. The Morgan fingerprint density at radius 1 is 1.04 bits per heavy atom. The van der Waals surface area contributed by atoms with Crippen LogP contribution in [0.3, 0.4) is 0 Å². The molecule has 3 amide bonds. The number of anilines is 1. The molecule has 1 heterocycles. The van der Waals surface area contributed by atoms with Crippen molar-refractivity contribution in [3.8, 4) is 0 Å². The number of rotatable bonds is 2. The average Bonchev–Trinajstić information content (AvgIpc) is 2.53. The largest absolute Gasteiger partial charge is 0.378 e. The zero-order valence-electron chi connectivity index (χ0n) is 15.3. The van der Waals surface area contributed by atoms with Crippen molar-refractivity contribution in [3.63, 3.8) is 0 Å².